The van der Waals surface area contributed by atoms with E-state index < -0.39 is 5.97 Å². The molecule has 6 unspecified atom stereocenters. The van der Waals surface area contributed by atoms with E-state index in [0.717, 1.165) is 25.7 Å². The number of aliphatic carboxylic acids is 1. The van der Waals surface area contributed by atoms with Gasteiger partial charge in [0.2, 0.25) is 0 Å². The van der Waals surface area contributed by atoms with E-state index in [2.05, 4.69) is 41.5 Å². The fraction of sp³-hybridized carbons (Fsp3) is 0.812. The van der Waals surface area contributed by atoms with Crippen molar-refractivity contribution in [2.45, 2.75) is 126 Å². The number of carboxylic acids is 1. The Balaban J connectivity index is 1.59. The van der Waals surface area contributed by atoms with Crippen molar-refractivity contribution >= 4 is 11.9 Å². The molecule has 1 N–H and O–H groups in total. The highest BCUT2D eigenvalue weighted by Crippen LogP contribution is 2.72. The molecule has 0 aromatic heterocycles. The first kappa shape index (κ1) is 27.5. The lowest BCUT2D eigenvalue weighted by Crippen LogP contribution is -2.55. The summed E-state index contributed by atoms with van der Waals surface area (Å²) >= 11 is 0. The van der Waals surface area contributed by atoms with E-state index in [1.807, 2.05) is 6.08 Å². The summed E-state index contributed by atoms with van der Waals surface area (Å²) in [6.45, 7) is 18.1. The first-order valence-electron chi connectivity index (χ1n) is 14.5. The molecule has 0 aliphatic heterocycles. The molecule has 0 bridgehead atoms. The number of hydrogen-bond donors (Lipinski definition) is 1. The van der Waals surface area contributed by atoms with Crippen LogP contribution < -0.4 is 0 Å². The second-order valence-electron chi connectivity index (χ2n) is 14.1. The number of allylic oxidation sites excluding steroid dienone is 3. The van der Waals surface area contributed by atoms with Crippen molar-refractivity contribution in [3.63, 3.8) is 0 Å². The summed E-state index contributed by atoms with van der Waals surface area (Å²) in [4.78, 5) is 23.0. The molecule has 0 heterocycles. The molecule has 2 fully saturated rings. The molecule has 4 nitrogen and oxygen atoms in total. The van der Waals surface area contributed by atoms with Crippen LogP contribution in [0.25, 0.3) is 0 Å². The number of ether oxygens (including phenoxy) is 1. The summed E-state index contributed by atoms with van der Waals surface area (Å²) in [5, 5.41) is 9.19. The summed E-state index contributed by atoms with van der Waals surface area (Å²) in [6, 6.07) is 0. The third kappa shape index (κ3) is 4.09. The average Bonchev–Trinajstić information content (AvgIpc) is 3.07. The number of carboxylic acid groups (broad SMARTS) is 1. The standard InChI is InChI=1S/C32H50O4/c1-20(10-9-11-21(2)28(34)35)23-14-18-32(8)25-12-13-26-29(4,5)27(36-22(3)33)16-17-30(26,6)24(25)15-19-31(23,32)7/h11,20,23,26-27H,9-10,12-19H2,1-8H3,(H,34,35)/b21-11-/t20-,23?,26?,27?,30?,31?,32?/m1/s1. The minimum atomic E-state index is -0.802. The van der Waals surface area contributed by atoms with Crippen LogP contribution >= 0.6 is 0 Å². The minimum Gasteiger partial charge on any atom is -0.478 e. The van der Waals surface area contributed by atoms with E-state index in [-0.39, 0.29) is 28.3 Å². The van der Waals surface area contributed by atoms with Crippen LogP contribution in [0.4, 0.5) is 0 Å². The predicted molar refractivity (Wildman–Crippen MR) is 144 cm³/mol. The van der Waals surface area contributed by atoms with Gasteiger partial charge in [0.05, 0.1) is 0 Å². The van der Waals surface area contributed by atoms with Crippen molar-refractivity contribution < 1.29 is 19.4 Å². The maximum Gasteiger partial charge on any atom is 0.330 e. The van der Waals surface area contributed by atoms with Crippen LogP contribution in [0.1, 0.15) is 120 Å². The van der Waals surface area contributed by atoms with Crippen LogP contribution in [0, 0.1) is 39.4 Å². The second-order valence-corrected chi connectivity index (χ2v) is 14.1. The van der Waals surface area contributed by atoms with Gasteiger partial charge >= 0.3 is 11.9 Å². The molecular formula is C32H50O4. The highest BCUT2D eigenvalue weighted by atomic mass is 16.5. The Hall–Kier alpha value is -1.58. The lowest BCUT2D eigenvalue weighted by molar-refractivity contribution is -0.167. The maximum absolute atomic E-state index is 11.8. The van der Waals surface area contributed by atoms with Gasteiger partial charge in [-0.3, -0.25) is 4.79 Å². The molecular weight excluding hydrogens is 448 g/mol. The Kier molecular flexibility index (Phi) is 7.10. The third-order valence-corrected chi connectivity index (χ3v) is 12.2. The van der Waals surface area contributed by atoms with E-state index in [0.29, 0.717) is 28.7 Å². The molecule has 202 valence electrons. The Morgan fingerprint density at radius 1 is 1.00 bits per heavy atom. The van der Waals surface area contributed by atoms with Crippen LogP contribution in [0.15, 0.2) is 22.8 Å². The van der Waals surface area contributed by atoms with Gasteiger partial charge in [-0.2, -0.15) is 0 Å². The number of rotatable bonds is 6. The van der Waals surface area contributed by atoms with Crippen LogP contribution in [0.5, 0.6) is 0 Å². The minimum absolute atomic E-state index is 0.00676. The summed E-state index contributed by atoms with van der Waals surface area (Å²) in [6.07, 6.45) is 13.4. The lowest BCUT2D eigenvalue weighted by Gasteiger charge is -2.62. The van der Waals surface area contributed by atoms with Crippen molar-refractivity contribution in [3.05, 3.63) is 22.8 Å². The van der Waals surface area contributed by atoms with E-state index >= 15 is 0 Å². The number of hydrogen-bond acceptors (Lipinski definition) is 3. The van der Waals surface area contributed by atoms with Gasteiger partial charge in [-0.15, -0.1) is 0 Å². The van der Waals surface area contributed by atoms with E-state index in [4.69, 9.17) is 4.74 Å². The Morgan fingerprint density at radius 2 is 1.69 bits per heavy atom. The molecule has 0 aromatic carbocycles. The summed E-state index contributed by atoms with van der Waals surface area (Å²) in [7, 11) is 0. The molecule has 4 aliphatic carbocycles. The largest absolute Gasteiger partial charge is 0.478 e. The van der Waals surface area contributed by atoms with Crippen LogP contribution in [-0.2, 0) is 14.3 Å². The number of carbonyl (C=O) groups is 2. The van der Waals surface area contributed by atoms with Crippen molar-refractivity contribution in [3.8, 4) is 0 Å². The van der Waals surface area contributed by atoms with Gasteiger partial charge in [-0.05, 0) is 105 Å². The molecule has 7 atom stereocenters. The third-order valence-electron chi connectivity index (χ3n) is 12.2. The molecule has 4 aliphatic rings. The summed E-state index contributed by atoms with van der Waals surface area (Å²) in [5.41, 5.74) is 4.79. The first-order chi connectivity index (χ1) is 16.7. The Bertz CT molecular complexity index is 973. The predicted octanol–water partition coefficient (Wildman–Crippen LogP) is 8.11. The molecule has 2 saturated carbocycles. The first-order valence-corrected chi connectivity index (χ1v) is 14.5. The molecule has 0 spiro atoms. The van der Waals surface area contributed by atoms with Gasteiger partial charge in [-0.1, -0.05) is 58.8 Å². The maximum atomic E-state index is 11.8. The highest BCUT2D eigenvalue weighted by Gasteiger charge is 2.63. The SMILES string of the molecule is CC(=O)OC1CCC2(C)C3=C(CCC2C1(C)C)C1(C)CCC([C@H](C)CC/C=C(/C)C(=O)O)C1(C)CC3. The van der Waals surface area contributed by atoms with Crippen LogP contribution in [-0.4, -0.2) is 23.1 Å². The summed E-state index contributed by atoms with van der Waals surface area (Å²) < 4.78 is 5.85. The average molecular weight is 499 g/mol. The Morgan fingerprint density at radius 3 is 2.33 bits per heavy atom. The van der Waals surface area contributed by atoms with E-state index in [1.54, 1.807) is 25.0 Å². The van der Waals surface area contributed by atoms with Gasteiger partial charge in [0, 0.05) is 17.9 Å². The molecule has 4 heteroatoms. The normalized spacial score (nSPS) is 40.7. The number of carbonyl (C=O) groups excluding carboxylic acids is 1. The molecule has 0 aromatic rings. The van der Waals surface area contributed by atoms with Crippen LogP contribution in [0.2, 0.25) is 0 Å². The monoisotopic (exact) mass is 498 g/mol. The molecule has 0 saturated heterocycles. The molecule has 0 amide bonds. The smallest absolute Gasteiger partial charge is 0.330 e. The van der Waals surface area contributed by atoms with Gasteiger partial charge in [0.1, 0.15) is 6.10 Å². The Labute approximate surface area is 219 Å². The van der Waals surface area contributed by atoms with Crippen molar-refractivity contribution in [2.24, 2.45) is 39.4 Å². The van der Waals surface area contributed by atoms with E-state index in [1.165, 1.54) is 38.5 Å². The van der Waals surface area contributed by atoms with Gasteiger partial charge < -0.3 is 9.84 Å². The quantitative estimate of drug-likeness (QED) is 0.228. The zero-order valence-electron chi connectivity index (χ0n) is 24.1. The topological polar surface area (TPSA) is 63.6 Å². The zero-order chi connectivity index (χ0) is 26.7. The fourth-order valence-corrected chi connectivity index (χ4v) is 9.88. The molecule has 36 heavy (non-hydrogen) atoms. The zero-order valence-corrected chi connectivity index (χ0v) is 24.1. The fourth-order valence-electron chi connectivity index (χ4n) is 9.88. The summed E-state index contributed by atoms with van der Waals surface area (Å²) in [5.74, 6) is 0.894. The number of esters is 1. The van der Waals surface area contributed by atoms with Crippen molar-refractivity contribution in [2.75, 3.05) is 0 Å². The van der Waals surface area contributed by atoms with E-state index in [9.17, 15) is 14.7 Å². The second kappa shape index (κ2) is 9.31. The lowest BCUT2D eigenvalue weighted by atomic mass is 9.43. The van der Waals surface area contributed by atoms with Crippen LogP contribution in [0.3, 0.4) is 0 Å². The van der Waals surface area contributed by atoms with Crippen molar-refractivity contribution in [1.29, 1.82) is 0 Å². The van der Waals surface area contributed by atoms with Gasteiger partial charge in [0.25, 0.3) is 0 Å². The molecule has 4 rings (SSSR count). The van der Waals surface area contributed by atoms with Crippen molar-refractivity contribution in [1.82, 2.24) is 0 Å². The highest BCUT2D eigenvalue weighted by molar-refractivity contribution is 5.85. The molecule has 0 radical (unpaired) electrons. The van der Waals surface area contributed by atoms with Gasteiger partial charge in [0.15, 0.2) is 0 Å². The van der Waals surface area contributed by atoms with Gasteiger partial charge in [-0.25, -0.2) is 4.79 Å². The number of fused-ring (bicyclic) bond motifs is 4.